The minimum absolute atomic E-state index is 0.265. The third-order valence-electron chi connectivity index (χ3n) is 4.17. The Labute approximate surface area is 189 Å². The fourth-order valence-electron chi connectivity index (χ4n) is 2.36. The molecule has 30 heavy (non-hydrogen) atoms. The van der Waals surface area contributed by atoms with Gasteiger partial charge in [0.25, 0.3) is 0 Å². The Hall–Kier alpha value is 0.640. The zero-order chi connectivity index (χ0) is 22.6. The molecule has 0 bridgehead atoms. The van der Waals surface area contributed by atoms with Crippen LogP contribution in [0, 0.1) is 0 Å². The van der Waals surface area contributed by atoms with E-state index in [1.54, 1.807) is 0 Å². The van der Waals surface area contributed by atoms with Crippen molar-refractivity contribution < 1.29 is 32.0 Å². The van der Waals surface area contributed by atoms with Crippen molar-refractivity contribution in [2.45, 2.75) is 105 Å². The van der Waals surface area contributed by atoms with Crippen LogP contribution < -0.4 is 0 Å². The molecule has 0 aromatic carbocycles. The molecule has 0 saturated heterocycles. The molecule has 0 aromatic rings. The molecule has 0 amide bonds. The zero-order valence-electron chi connectivity index (χ0n) is 19.5. The van der Waals surface area contributed by atoms with Gasteiger partial charge >= 0.3 is 14.5 Å². The lowest BCUT2D eigenvalue weighted by atomic mass is 10.3. The molecule has 10 heteroatoms. The topological polar surface area (TPSA) is 72.5 Å². The quantitative estimate of drug-likeness (QED) is 0.0616. The highest BCUT2D eigenvalue weighted by molar-refractivity contribution is 8.08. The third kappa shape index (κ3) is 17.2. The number of hydrogen-bond acceptors (Lipinski definition) is 8. The van der Waals surface area contributed by atoms with E-state index in [0.717, 1.165) is 77.0 Å². The van der Waals surface area contributed by atoms with E-state index in [1.165, 1.54) is 0 Å². The van der Waals surface area contributed by atoms with Gasteiger partial charge in [0.1, 0.15) is 0 Å². The maximum atomic E-state index is 13.3. The van der Waals surface area contributed by atoms with Gasteiger partial charge in [0.15, 0.2) is 0 Å². The van der Waals surface area contributed by atoms with Crippen molar-refractivity contribution in [3.8, 4) is 0 Å². The molecule has 0 rings (SSSR count). The monoisotopic (exact) mass is 490 g/mol. The van der Waals surface area contributed by atoms with Crippen molar-refractivity contribution in [3.63, 3.8) is 0 Å². The van der Waals surface area contributed by atoms with Gasteiger partial charge in [-0.3, -0.25) is 9.05 Å². The second kappa shape index (κ2) is 20.3. The lowest BCUT2D eigenvalue weighted by molar-refractivity contribution is -0.216. The number of phosphoric acid groups is 1. The van der Waals surface area contributed by atoms with E-state index >= 15 is 0 Å². The van der Waals surface area contributed by atoms with Crippen molar-refractivity contribution >= 4 is 26.3 Å². The first kappa shape index (κ1) is 30.6. The Bertz CT molecular complexity index is 464. The average molecular weight is 491 g/mol. The lowest BCUT2D eigenvalue weighted by Crippen LogP contribution is -2.07. The standard InChI is InChI=1S/C20H44O7P2S/c1-5-9-13-17-22-26-29(30,25-20-16-12-8-4)27-28(21,23-18-14-10-6-2)24-19-15-11-7-3/h5-20H2,1-4H3. The number of unbranched alkanes of at least 4 members (excludes halogenated alkanes) is 8. The van der Waals surface area contributed by atoms with Gasteiger partial charge < -0.3 is 4.52 Å². The Morgan fingerprint density at radius 2 is 1.00 bits per heavy atom. The average Bonchev–Trinajstić information content (AvgIpc) is 2.72. The van der Waals surface area contributed by atoms with Crippen LogP contribution in [-0.4, -0.2) is 26.4 Å². The van der Waals surface area contributed by atoms with Gasteiger partial charge in [0.05, 0.1) is 26.4 Å². The van der Waals surface area contributed by atoms with Crippen LogP contribution in [0.5, 0.6) is 0 Å². The van der Waals surface area contributed by atoms with E-state index in [9.17, 15) is 4.57 Å². The molecule has 1 atom stereocenters. The van der Waals surface area contributed by atoms with E-state index in [4.69, 9.17) is 39.3 Å². The van der Waals surface area contributed by atoms with E-state index in [-0.39, 0.29) is 13.2 Å². The van der Waals surface area contributed by atoms with E-state index in [2.05, 4.69) is 27.7 Å². The first-order valence-electron chi connectivity index (χ1n) is 11.6. The highest BCUT2D eigenvalue weighted by atomic mass is 32.5. The van der Waals surface area contributed by atoms with Crippen LogP contribution in [-0.2, 0) is 43.8 Å². The van der Waals surface area contributed by atoms with Crippen molar-refractivity contribution in [1.29, 1.82) is 0 Å². The van der Waals surface area contributed by atoms with Crippen molar-refractivity contribution in [1.82, 2.24) is 0 Å². The summed E-state index contributed by atoms with van der Waals surface area (Å²) >= 11 is 5.47. The number of hydrogen-bond donors (Lipinski definition) is 0. The summed E-state index contributed by atoms with van der Waals surface area (Å²) in [7, 11) is -3.92. The van der Waals surface area contributed by atoms with Gasteiger partial charge in [-0.05, 0) is 37.5 Å². The molecule has 182 valence electrons. The summed E-state index contributed by atoms with van der Waals surface area (Å²) in [5, 5.41) is 0. The molecule has 7 nitrogen and oxygen atoms in total. The van der Waals surface area contributed by atoms with Crippen LogP contribution in [0.4, 0.5) is 0 Å². The fourth-order valence-corrected chi connectivity index (χ4v) is 6.48. The third-order valence-corrected chi connectivity index (χ3v) is 8.65. The molecular weight excluding hydrogens is 446 g/mol. The second-order valence-electron chi connectivity index (χ2n) is 7.20. The largest absolute Gasteiger partial charge is 0.482 e. The van der Waals surface area contributed by atoms with Gasteiger partial charge in [-0.1, -0.05) is 79.1 Å². The van der Waals surface area contributed by atoms with Crippen molar-refractivity contribution in [3.05, 3.63) is 0 Å². The molecule has 1 unspecified atom stereocenters. The zero-order valence-corrected chi connectivity index (χ0v) is 22.1. The molecular formula is C20H44O7P2S. The first-order chi connectivity index (χ1) is 14.4. The van der Waals surface area contributed by atoms with E-state index in [1.807, 2.05) is 0 Å². The summed E-state index contributed by atoms with van der Waals surface area (Å²) < 4.78 is 41.0. The summed E-state index contributed by atoms with van der Waals surface area (Å²) in [6.07, 6.45) is 11.3. The van der Waals surface area contributed by atoms with Crippen LogP contribution in [0.15, 0.2) is 0 Å². The molecule has 0 heterocycles. The number of rotatable bonds is 23. The Morgan fingerprint density at radius 1 is 0.600 bits per heavy atom. The molecule has 0 aliphatic carbocycles. The van der Waals surface area contributed by atoms with Crippen molar-refractivity contribution in [2.75, 3.05) is 26.4 Å². The van der Waals surface area contributed by atoms with Crippen LogP contribution in [0.25, 0.3) is 0 Å². The summed E-state index contributed by atoms with van der Waals surface area (Å²) in [4.78, 5) is 5.25. The smallest absolute Gasteiger partial charge is 0.307 e. The summed E-state index contributed by atoms with van der Waals surface area (Å²) in [6, 6.07) is 0. The summed E-state index contributed by atoms with van der Waals surface area (Å²) in [6.45, 7) is 6.18. The minimum Gasteiger partial charge on any atom is -0.307 e. The summed E-state index contributed by atoms with van der Waals surface area (Å²) in [5.74, 6) is 0. The SMILES string of the molecule is CCCCCOOP(=S)(OCCCCC)OP(=O)(OCCCCC)OCCCCC. The molecule has 0 saturated carbocycles. The molecule has 0 aliphatic heterocycles. The molecule has 0 fully saturated rings. The summed E-state index contributed by atoms with van der Waals surface area (Å²) in [5.41, 5.74) is 0. The predicted molar refractivity (Wildman–Crippen MR) is 126 cm³/mol. The molecule has 0 spiro atoms. The minimum atomic E-state index is -3.92. The predicted octanol–water partition coefficient (Wildman–Crippen LogP) is 8.09. The molecule has 0 radical (unpaired) electrons. The van der Waals surface area contributed by atoms with Crippen LogP contribution in [0.3, 0.4) is 0 Å². The lowest BCUT2D eigenvalue weighted by Gasteiger charge is -2.25. The van der Waals surface area contributed by atoms with Gasteiger partial charge in [0, 0.05) is 0 Å². The second-order valence-corrected chi connectivity index (χ2v) is 11.9. The highest BCUT2D eigenvalue weighted by Gasteiger charge is 2.38. The van der Waals surface area contributed by atoms with Crippen molar-refractivity contribution in [2.24, 2.45) is 0 Å². The maximum absolute atomic E-state index is 13.3. The highest BCUT2D eigenvalue weighted by Crippen LogP contribution is 2.66. The molecule has 0 N–H and O–H groups in total. The van der Waals surface area contributed by atoms with Gasteiger partial charge in [-0.25, -0.2) is 13.8 Å². The number of phosphoric ester groups is 1. The van der Waals surface area contributed by atoms with Crippen LogP contribution >= 0.6 is 14.5 Å². The van der Waals surface area contributed by atoms with Gasteiger partial charge in [-0.2, -0.15) is 0 Å². The van der Waals surface area contributed by atoms with Gasteiger partial charge in [0.2, 0.25) is 0 Å². The Morgan fingerprint density at radius 3 is 1.43 bits per heavy atom. The van der Waals surface area contributed by atoms with Gasteiger partial charge in [-0.15, -0.1) is 4.67 Å². The van der Waals surface area contributed by atoms with Crippen LogP contribution in [0.2, 0.25) is 0 Å². The first-order valence-corrected chi connectivity index (χ1v) is 15.6. The Balaban J connectivity index is 5.01. The van der Waals surface area contributed by atoms with Crippen LogP contribution in [0.1, 0.15) is 105 Å². The molecule has 0 aliphatic rings. The fraction of sp³-hybridized carbons (Fsp3) is 1.00. The van der Waals surface area contributed by atoms with E-state index in [0.29, 0.717) is 13.2 Å². The maximum Gasteiger partial charge on any atom is 0.482 e. The normalized spacial score (nSPS) is 14.1. The molecule has 0 aromatic heterocycles. The Kier molecular flexibility index (Phi) is 20.7. The van der Waals surface area contributed by atoms with E-state index < -0.39 is 14.5 Å².